The van der Waals surface area contributed by atoms with Crippen molar-refractivity contribution in [2.45, 2.75) is 25.3 Å². The molecule has 3 rings (SSSR count). The van der Waals surface area contributed by atoms with Crippen LogP contribution in [0, 0.1) is 0 Å². The zero-order chi connectivity index (χ0) is 12.4. The SMILES string of the molecule is Cn1cnc2cc(NCCC3CCCN3)ccc21. The van der Waals surface area contributed by atoms with Crippen LogP contribution in [0.1, 0.15) is 19.3 Å². The molecule has 4 heteroatoms. The topological polar surface area (TPSA) is 41.9 Å². The molecular weight excluding hydrogens is 224 g/mol. The van der Waals surface area contributed by atoms with Gasteiger partial charge in [-0.3, -0.25) is 0 Å². The Morgan fingerprint density at radius 2 is 2.44 bits per heavy atom. The first-order chi connectivity index (χ1) is 8.83. The Kier molecular flexibility index (Phi) is 3.19. The van der Waals surface area contributed by atoms with E-state index >= 15 is 0 Å². The fourth-order valence-corrected chi connectivity index (χ4v) is 2.64. The van der Waals surface area contributed by atoms with Crippen LogP contribution in [-0.2, 0) is 7.05 Å². The van der Waals surface area contributed by atoms with Crippen LogP contribution in [0.2, 0.25) is 0 Å². The van der Waals surface area contributed by atoms with Crippen LogP contribution in [0.15, 0.2) is 24.5 Å². The number of aromatic nitrogens is 2. The van der Waals surface area contributed by atoms with E-state index in [1.54, 1.807) is 0 Å². The number of imidazole rings is 1. The molecule has 2 heterocycles. The Morgan fingerprint density at radius 3 is 3.28 bits per heavy atom. The van der Waals surface area contributed by atoms with Gasteiger partial charge in [0.05, 0.1) is 17.4 Å². The van der Waals surface area contributed by atoms with E-state index in [0.29, 0.717) is 6.04 Å². The van der Waals surface area contributed by atoms with E-state index in [9.17, 15) is 0 Å². The molecule has 1 unspecified atom stereocenters. The Bertz CT molecular complexity index is 526. The number of nitrogens with one attached hydrogen (secondary N) is 2. The molecule has 0 bridgehead atoms. The molecule has 1 aliphatic heterocycles. The number of aryl methyl sites for hydroxylation is 1. The summed E-state index contributed by atoms with van der Waals surface area (Å²) in [5.74, 6) is 0. The molecule has 2 aromatic rings. The van der Waals surface area contributed by atoms with Gasteiger partial charge in [0.15, 0.2) is 0 Å². The molecule has 0 aliphatic carbocycles. The smallest absolute Gasteiger partial charge is 0.0955 e. The molecule has 0 radical (unpaired) electrons. The Labute approximate surface area is 107 Å². The average molecular weight is 244 g/mol. The number of hydrogen-bond acceptors (Lipinski definition) is 3. The summed E-state index contributed by atoms with van der Waals surface area (Å²) >= 11 is 0. The molecule has 1 atom stereocenters. The summed E-state index contributed by atoms with van der Waals surface area (Å²) in [6.45, 7) is 2.21. The van der Waals surface area contributed by atoms with Gasteiger partial charge in [-0.25, -0.2) is 4.98 Å². The molecule has 1 fully saturated rings. The van der Waals surface area contributed by atoms with Crippen LogP contribution >= 0.6 is 0 Å². The van der Waals surface area contributed by atoms with Gasteiger partial charge in [-0.05, 0) is 44.0 Å². The Hall–Kier alpha value is -1.55. The highest BCUT2D eigenvalue weighted by Gasteiger charge is 2.12. The summed E-state index contributed by atoms with van der Waals surface area (Å²) in [6, 6.07) is 7.08. The van der Waals surface area contributed by atoms with Crippen LogP contribution < -0.4 is 10.6 Å². The fraction of sp³-hybridized carbons (Fsp3) is 0.500. The van der Waals surface area contributed by atoms with Crippen LogP contribution in [0.3, 0.4) is 0 Å². The standard InChI is InChI=1S/C14H20N4/c1-18-10-17-13-9-12(4-5-14(13)18)16-8-6-11-3-2-7-15-11/h4-5,9-11,15-16H,2-3,6-8H2,1H3. The highest BCUT2D eigenvalue weighted by Crippen LogP contribution is 2.17. The van der Waals surface area contributed by atoms with Crippen LogP contribution in [0.25, 0.3) is 11.0 Å². The van der Waals surface area contributed by atoms with E-state index in [-0.39, 0.29) is 0 Å². The minimum absolute atomic E-state index is 0.705. The minimum Gasteiger partial charge on any atom is -0.385 e. The van der Waals surface area contributed by atoms with E-state index in [2.05, 4.69) is 33.8 Å². The highest BCUT2D eigenvalue weighted by molar-refractivity contribution is 5.79. The molecule has 18 heavy (non-hydrogen) atoms. The van der Waals surface area contributed by atoms with Crippen molar-refractivity contribution in [2.75, 3.05) is 18.4 Å². The fourth-order valence-electron chi connectivity index (χ4n) is 2.64. The molecule has 1 aromatic heterocycles. The third-order valence-electron chi connectivity index (χ3n) is 3.71. The van der Waals surface area contributed by atoms with E-state index < -0.39 is 0 Å². The monoisotopic (exact) mass is 244 g/mol. The van der Waals surface area contributed by atoms with Gasteiger partial charge in [0.1, 0.15) is 0 Å². The van der Waals surface area contributed by atoms with E-state index in [0.717, 1.165) is 12.1 Å². The zero-order valence-electron chi connectivity index (χ0n) is 10.8. The average Bonchev–Trinajstić information content (AvgIpc) is 3.00. The predicted molar refractivity (Wildman–Crippen MR) is 74.8 cm³/mol. The minimum atomic E-state index is 0.705. The molecule has 0 amide bonds. The molecule has 1 aromatic carbocycles. The maximum atomic E-state index is 4.38. The molecule has 96 valence electrons. The molecule has 1 saturated heterocycles. The number of fused-ring (bicyclic) bond motifs is 1. The number of anilines is 1. The normalized spacial score (nSPS) is 19.5. The van der Waals surface area contributed by atoms with Crippen molar-refractivity contribution in [3.05, 3.63) is 24.5 Å². The van der Waals surface area contributed by atoms with E-state index in [4.69, 9.17) is 0 Å². The third-order valence-corrected chi connectivity index (χ3v) is 3.71. The van der Waals surface area contributed by atoms with Crippen molar-refractivity contribution in [1.82, 2.24) is 14.9 Å². The molecule has 4 nitrogen and oxygen atoms in total. The largest absolute Gasteiger partial charge is 0.385 e. The summed E-state index contributed by atoms with van der Waals surface area (Å²) in [5, 5.41) is 7.00. The summed E-state index contributed by atoms with van der Waals surface area (Å²) in [7, 11) is 2.02. The van der Waals surface area contributed by atoms with Crippen molar-refractivity contribution in [2.24, 2.45) is 7.05 Å². The summed E-state index contributed by atoms with van der Waals surface area (Å²) in [4.78, 5) is 4.38. The van der Waals surface area contributed by atoms with Gasteiger partial charge >= 0.3 is 0 Å². The zero-order valence-corrected chi connectivity index (χ0v) is 10.8. The molecule has 0 saturated carbocycles. The lowest BCUT2D eigenvalue weighted by molar-refractivity contribution is 0.574. The molecule has 1 aliphatic rings. The second kappa shape index (κ2) is 4.98. The number of rotatable bonds is 4. The number of nitrogens with zero attached hydrogens (tertiary/aromatic N) is 2. The van der Waals surface area contributed by atoms with Gasteiger partial charge in [-0.2, -0.15) is 0 Å². The van der Waals surface area contributed by atoms with Gasteiger partial charge in [0.25, 0.3) is 0 Å². The predicted octanol–water partition coefficient (Wildman–Crippen LogP) is 2.13. The second-order valence-corrected chi connectivity index (χ2v) is 5.07. The van der Waals surface area contributed by atoms with Crippen molar-refractivity contribution < 1.29 is 0 Å². The van der Waals surface area contributed by atoms with Gasteiger partial charge in [0.2, 0.25) is 0 Å². The van der Waals surface area contributed by atoms with Gasteiger partial charge in [0, 0.05) is 25.3 Å². The second-order valence-electron chi connectivity index (χ2n) is 5.07. The molecule has 2 N–H and O–H groups in total. The number of benzene rings is 1. The van der Waals surface area contributed by atoms with Crippen molar-refractivity contribution in [3.8, 4) is 0 Å². The van der Waals surface area contributed by atoms with Crippen molar-refractivity contribution >= 4 is 16.7 Å². The van der Waals surface area contributed by atoms with Crippen LogP contribution in [0.4, 0.5) is 5.69 Å². The van der Waals surface area contributed by atoms with Crippen LogP contribution in [-0.4, -0.2) is 28.7 Å². The first-order valence-electron chi connectivity index (χ1n) is 6.71. The van der Waals surface area contributed by atoms with Gasteiger partial charge in [-0.15, -0.1) is 0 Å². The Balaban J connectivity index is 1.60. The van der Waals surface area contributed by atoms with E-state index in [1.165, 1.54) is 37.0 Å². The highest BCUT2D eigenvalue weighted by atomic mass is 15.0. The number of hydrogen-bond donors (Lipinski definition) is 2. The lowest BCUT2D eigenvalue weighted by Gasteiger charge is -2.11. The first-order valence-corrected chi connectivity index (χ1v) is 6.71. The van der Waals surface area contributed by atoms with E-state index in [1.807, 2.05) is 17.9 Å². The van der Waals surface area contributed by atoms with Gasteiger partial charge < -0.3 is 15.2 Å². The van der Waals surface area contributed by atoms with Crippen molar-refractivity contribution in [3.63, 3.8) is 0 Å². The summed E-state index contributed by atoms with van der Waals surface area (Å²) < 4.78 is 2.04. The summed E-state index contributed by atoms with van der Waals surface area (Å²) in [5.41, 5.74) is 3.40. The molecular formula is C14H20N4. The lowest BCUT2D eigenvalue weighted by Crippen LogP contribution is -2.24. The van der Waals surface area contributed by atoms with Gasteiger partial charge in [-0.1, -0.05) is 0 Å². The molecule has 0 spiro atoms. The third kappa shape index (κ3) is 2.34. The maximum absolute atomic E-state index is 4.38. The first kappa shape index (κ1) is 11.5. The lowest BCUT2D eigenvalue weighted by atomic mass is 10.1. The maximum Gasteiger partial charge on any atom is 0.0955 e. The summed E-state index contributed by atoms with van der Waals surface area (Å²) in [6.07, 6.45) is 5.70. The quantitative estimate of drug-likeness (QED) is 0.865. The Morgan fingerprint density at radius 1 is 1.50 bits per heavy atom. The van der Waals surface area contributed by atoms with Crippen molar-refractivity contribution in [1.29, 1.82) is 0 Å². The van der Waals surface area contributed by atoms with Crippen LogP contribution in [0.5, 0.6) is 0 Å².